The highest BCUT2D eigenvalue weighted by molar-refractivity contribution is 5.59. The highest BCUT2D eigenvalue weighted by Gasteiger charge is 2.17. The van der Waals surface area contributed by atoms with Gasteiger partial charge in [-0.2, -0.15) is 19.9 Å². The van der Waals surface area contributed by atoms with E-state index >= 15 is 0 Å². The number of nitrogen functional groups attached to an aromatic ring is 1. The quantitative estimate of drug-likeness (QED) is 0.554. The molecule has 28 heavy (non-hydrogen) atoms. The predicted octanol–water partition coefficient (Wildman–Crippen LogP) is 2.34. The Kier molecular flexibility index (Phi) is 4.50. The van der Waals surface area contributed by atoms with Crippen LogP contribution in [0.1, 0.15) is 0 Å². The number of nitrogens with zero attached hydrogens (tertiary/aromatic N) is 7. The Morgan fingerprint density at radius 3 is 2.50 bits per heavy atom. The van der Waals surface area contributed by atoms with E-state index in [0.29, 0.717) is 17.4 Å². The van der Waals surface area contributed by atoms with Gasteiger partial charge in [0.2, 0.25) is 23.5 Å². The van der Waals surface area contributed by atoms with Crippen LogP contribution in [0.5, 0.6) is 5.75 Å². The van der Waals surface area contributed by atoms with Gasteiger partial charge < -0.3 is 19.9 Å². The molecule has 4 aromatic rings. The number of methoxy groups -OCH3 is 1. The molecular formula is C18H16N8O2. The second-order valence-electron chi connectivity index (χ2n) is 5.72. The molecule has 0 unspecified atom stereocenters. The Bertz CT molecular complexity index is 1080. The van der Waals surface area contributed by atoms with Crippen molar-refractivity contribution in [1.82, 2.24) is 30.1 Å². The molecule has 0 saturated carbocycles. The Balaban J connectivity index is 1.66. The number of rotatable bonds is 5. The van der Waals surface area contributed by atoms with Crippen molar-refractivity contribution in [3.05, 3.63) is 48.7 Å². The minimum Gasteiger partial charge on any atom is -0.495 e. The first-order valence-corrected chi connectivity index (χ1v) is 8.29. The van der Waals surface area contributed by atoms with Gasteiger partial charge in [-0.05, 0) is 24.3 Å². The van der Waals surface area contributed by atoms with Crippen LogP contribution in [-0.4, -0.2) is 44.2 Å². The van der Waals surface area contributed by atoms with Crippen molar-refractivity contribution in [3.63, 3.8) is 0 Å². The van der Waals surface area contributed by atoms with Crippen LogP contribution in [0, 0.1) is 0 Å². The minimum absolute atomic E-state index is 0.0525. The van der Waals surface area contributed by atoms with E-state index in [1.165, 1.54) is 0 Å². The maximum atomic E-state index is 5.86. The SMILES string of the molecule is COc1ccc(-c2nc(-c3nc(N)nc(N(C)c4ccccc4)n3)no2)nc1. The zero-order valence-corrected chi connectivity index (χ0v) is 15.1. The summed E-state index contributed by atoms with van der Waals surface area (Å²) in [6.07, 6.45) is 1.56. The average Bonchev–Trinajstić information content (AvgIpc) is 3.24. The molecule has 10 nitrogen and oxygen atoms in total. The molecule has 0 atom stereocenters. The second-order valence-corrected chi connectivity index (χ2v) is 5.72. The van der Waals surface area contributed by atoms with Crippen LogP contribution < -0.4 is 15.4 Å². The number of hydrogen-bond donors (Lipinski definition) is 1. The van der Waals surface area contributed by atoms with Crippen molar-refractivity contribution >= 4 is 17.6 Å². The van der Waals surface area contributed by atoms with Crippen LogP contribution in [0.3, 0.4) is 0 Å². The highest BCUT2D eigenvalue weighted by Crippen LogP contribution is 2.24. The topological polar surface area (TPSA) is 129 Å². The molecule has 3 aromatic heterocycles. The number of hydrogen-bond acceptors (Lipinski definition) is 10. The van der Waals surface area contributed by atoms with Crippen LogP contribution >= 0.6 is 0 Å². The molecule has 2 N–H and O–H groups in total. The molecule has 0 aliphatic heterocycles. The van der Waals surface area contributed by atoms with Gasteiger partial charge in [0.1, 0.15) is 11.4 Å². The lowest BCUT2D eigenvalue weighted by Gasteiger charge is -2.17. The molecule has 0 radical (unpaired) electrons. The average molecular weight is 376 g/mol. The molecule has 0 spiro atoms. The molecule has 140 valence electrons. The molecule has 0 amide bonds. The van der Waals surface area contributed by atoms with Gasteiger partial charge in [-0.3, -0.25) is 0 Å². The van der Waals surface area contributed by atoms with Crippen molar-refractivity contribution in [2.45, 2.75) is 0 Å². The number of anilines is 3. The van der Waals surface area contributed by atoms with Gasteiger partial charge in [0, 0.05) is 12.7 Å². The Hall–Kier alpha value is -4.08. The summed E-state index contributed by atoms with van der Waals surface area (Å²) in [6, 6.07) is 13.1. The summed E-state index contributed by atoms with van der Waals surface area (Å²) in [5, 5.41) is 3.94. The van der Waals surface area contributed by atoms with Crippen molar-refractivity contribution in [1.29, 1.82) is 0 Å². The van der Waals surface area contributed by atoms with Crippen molar-refractivity contribution in [2.75, 3.05) is 24.8 Å². The largest absolute Gasteiger partial charge is 0.495 e. The molecule has 4 rings (SSSR count). The Morgan fingerprint density at radius 1 is 0.964 bits per heavy atom. The minimum atomic E-state index is 0.0525. The van der Waals surface area contributed by atoms with E-state index in [0.717, 1.165) is 5.69 Å². The Morgan fingerprint density at radius 2 is 1.79 bits per heavy atom. The third kappa shape index (κ3) is 3.43. The van der Waals surface area contributed by atoms with E-state index < -0.39 is 0 Å². The maximum Gasteiger partial charge on any atom is 0.276 e. The summed E-state index contributed by atoms with van der Waals surface area (Å²) in [7, 11) is 3.40. The zero-order chi connectivity index (χ0) is 19.5. The van der Waals surface area contributed by atoms with E-state index in [1.54, 1.807) is 30.3 Å². The van der Waals surface area contributed by atoms with Gasteiger partial charge in [-0.1, -0.05) is 23.4 Å². The number of ether oxygens (including phenoxy) is 1. The summed E-state index contributed by atoms with van der Waals surface area (Å²) in [5.41, 5.74) is 7.26. The number of nitrogens with two attached hydrogens (primary N) is 1. The van der Waals surface area contributed by atoms with E-state index in [2.05, 4.69) is 30.1 Å². The first-order chi connectivity index (χ1) is 13.6. The van der Waals surface area contributed by atoms with Crippen molar-refractivity contribution < 1.29 is 9.26 Å². The van der Waals surface area contributed by atoms with Crippen LogP contribution in [0.2, 0.25) is 0 Å². The fourth-order valence-corrected chi connectivity index (χ4v) is 2.44. The van der Waals surface area contributed by atoms with E-state index in [9.17, 15) is 0 Å². The number of aromatic nitrogens is 6. The summed E-state index contributed by atoms with van der Waals surface area (Å²) in [4.78, 5) is 23.0. The first kappa shape index (κ1) is 17.3. The van der Waals surface area contributed by atoms with Crippen LogP contribution in [0.25, 0.3) is 23.2 Å². The molecule has 0 aliphatic carbocycles. The van der Waals surface area contributed by atoms with Gasteiger partial charge >= 0.3 is 0 Å². The standard InChI is InChI=1S/C18H16N8O2/c1-26(11-6-4-3-5-7-11)18-23-14(22-17(19)24-18)15-21-16(28-25-15)13-9-8-12(27-2)10-20-13/h3-10H,1-2H3,(H2,19,22,23,24). The second kappa shape index (κ2) is 7.27. The van der Waals surface area contributed by atoms with Gasteiger partial charge in [0.25, 0.3) is 5.89 Å². The maximum absolute atomic E-state index is 5.86. The summed E-state index contributed by atoms with van der Waals surface area (Å²) >= 11 is 0. The van der Waals surface area contributed by atoms with Crippen molar-refractivity contribution in [2.24, 2.45) is 0 Å². The lowest BCUT2D eigenvalue weighted by Crippen LogP contribution is -2.15. The van der Waals surface area contributed by atoms with Crippen molar-refractivity contribution in [3.8, 4) is 29.0 Å². The summed E-state index contributed by atoms with van der Waals surface area (Å²) in [5.74, 6) is 1.66. The molecule has 0 saturated heterocycles. The third-order valence-electron chi connectivity index (χ3n) is 3.90. The lowest BCUT2D eigenvalue weighted by molar-refractivity contribution is 0.412. The monoisotopic (exact) mass is 376 g/mol. The molecule has 0 aliphatic rings. The third-order valence-corrected chi connectivity index (χ3v) is 3.90. The van der Waals surface area contributed by atoms with E-state index in [4.69, 9.17) is 15.0 Å². The summed E-state index contributed by atoms with van der Waals surface area (Å²) in [6.45, 7) is 0. The van der Waals surface area contributed by atoms with Crippen LogP contribution in [-0.2, 0) is 0 Å². The molecule has 1 aromatic carbocycles. The Labute approximate surface area is 160 Å². The summed E-state index contributed by atoms with van der Waals surface area (Å²) < 4.78 is 10.4. The highest BCUT2D eigenvalue weighted by atomic mass is 16.5. The fourth-order valence-electron chi connectivity index (χ4n) is 2.44. The first-order valence-electron chi connectivity index (χ1n) is 8.29. The molecule has 0 fully saturated rings. The molecule has 3 heterocycles. The number of para-hydroxylation sites is 1. The molecule has 0 bridgehead atoms. The van der Waals surface area contributed by atoms with Gasteiger partial charge in [-0.25, -0.2) is 4.98 Å². The normalized spacial score (nSPS) is 10.6. The molecular weight excluding hydrogens is 360 g/mol. The van der Waals surface area contributed by atoms with Crippen LogP contribution in [0.15, 0.2) is 53.2 Å². The smallest absolute Gasteiger partial charge is 0.276 e. The van der Waals surface area contributed by atoms with Gasteiger partial charge in [0.05, 0.1) is 13.3 Å². The fraction of sp³-hybridized carbons (Fsp3) is 0.111. The molecule has 10 heteroatoms. The predicted molar refractivity (Wildman–Crippen MR) is 102 cm³/mol. The number of pyridine rings is 1. The number of benzene rings is 1. The lowest BCUT2D eigenvalue weighted by atomic mass is 10.3. The van der Waals surface area contributed by atoms with Crippen LogP contribution in [0.4, 0.5) is 17.6 Å². The van der Waals surface area contributed by atoms with E-state index in [1.807, 2.05) is 37.4 Å². The van der Waals surface area contributed by atoms with E-state index in [-0.39, 0.29) is 23.5 Å². The van der Waals surface area contributed by atoms with Gasteiger partial charge in [0.15, 0.2) is 0 Å². The van der Waals surface area contributed by atoms with Gasteiger partial charge in [-0.15, -0.1) is 0 Å². The zero-order valence-electron chi connectivity index (χ0n) is 15.1.